The van der Waals surface area contributed by atoms with Crippen molar-refractivity contribution in [1.82, 2.24) is 4.90 Å². The van der Waals surface area contributed by atoms with Crippen LogP contribution in [0.25, 0.3) is 0 Å². The summed E-state index contributed by atoms with van der Waals surface area (Å²) in [5.74, 6) is 0.706. The lowest BCUT2D eigenvalue weighted by atomic mass is 9.89. The summed E-state index contributed by atoms with van der Waals surface area (Å²) in [6.07, 6.45) is 0.972. The summed E-state index contributed by atoms with van der Waals surface area (Å²) in [6.45, 7) is 10.7. The molecule has 0 saturated carbocycles. The van der Waals surface area contributed by atoms with E-state index in [1.165, 1.54) is 11.1 Å². The minimum atomic E-state index is 0.189. The summed E-state index contributed by atoms with van der Waals surface area (Å²) in [6, 6.07) is 6.88. The van der Waals surface area contributed by atoms with Crippen molar-refractivity contribution in [3.63, 3.8) is 0 Å². The van der Waals surface area contributed by atoms with Gasteiger partial charge in [-0.15, -0.1) is 0 Å². The van der Waals surface area contributed by atoms with Gasteiger partial charge in [-0.3, -0.25) is 4.79 Å². The van der Waals surface area contributed by atoms with E-state index in [1.54, 1.807) is 0 Å². The number of carbonyl (C=O) groups excluding carboxylic acids is 1. The normalized spacial score (nSPS) is 19.6. The van der Waals surface area contributed by atoms with E-state index < -0.39 is 0 Å². The van der Waals surface area contributed by atoms with Gasteiger partial charge in [0.1, 0.15) is 0 Å². The zero-order chi connectivity index (χ0) is 13.4. The molecule has 0 fully saturated rings. The van der Waals surface area contributed by atoms with Crippen LogP contribution in [0, 0.1) is 0 Å². The lowest BCUT2D eigenvalue weighted by molar-refractivity contribution is 0.0598. The van der Waals surface area contributed by atoms with Crippen LogP contribution in [-0.4, -0.2) is 22.9 Å². The van der Waals surface area contributed by atoms with Crippen LogP contribution in [0.2, 0.25) is 0 Å². The molecule has 98 valence electrons. The van der Waals surface area contributed by atoms with Crippen molar-refractivity contribution >= 4 is 5.91 Å². The molecule has 1 aliphatic heterocycles. The molecule has 1 aliphatic rings. The van der Waals surface area contributed by atoms with Gasteiger partial charge in [-0.25, -0.2) is 0 Å². The highest BCUT2D eigenvalue weighted by molar-refractivity contribution is 5.97. The predicted octanol–water partition coefficient (Wildman–Crippen LogP) is 3.61. The minimum absolute atomic E-state index is 0.189. The van der Waals surface area contributed by atoms with Crippen LogP contribution in [0.3, 0.4) is 0 Å². The molecule has 0 aliphatic carbocycles. The summed E-state index contributed by atoms with van der Waals surface area (Å²) in [7, 11) is 0. The molecule has 0 radical (unpaired) electrons. The Kier molecular flexibility index (Phi) is 3.47. The Hall–Kier alpha value is -1.31. The fourth-order valence-corrected chi connectivity index (χ4v) is 2.85. The average Bonchev–Trinajstić information content (AvgIpc) is 2.27. The van der Waals surface area contributed by atoms with Gasteiger partial charge in [0.15, 0.2) is 0 Å². The Morgan fingerprint density at radius 2 is 1.89 bits per heavy atom. The maximum Gasteiger partial charge on any atom is 0.254 e. The monoisotopic (exact) mass is 245 g/mol. The average molecular weight is 245 g/mol. The molecule has 1 aromatic carbocycles. The number of fused-ring (bicyclic) bond motifs is 1. The quantitative estimate of drug-likeness (QED) is 0.779. The van der Waals surface area contributed by atoms with E-state index in [0.29, 0.717) is 12.0 Å². The molecule has 0 saturated heterocycles. The van der Waals surface area contributed by atoms with Gasteiger partial charge in [0.25, 0.3) is 5.91 Å². The van der Waals surface area contributed by atoms with Crippen LogP contribution in [-0.2, 0) is 6.42 Å². The van der Waals surface area contributed by atoms with Crippen LogP contribution >= 0.6 is 0 Å². The molecule has 2 heteroatoms. The molecule has 1 amide bonds. The Balaban J connectivity index is 2.42. The van der Waals surface area contributed by atoms with E-state index in [2.05, 4.69) is 46.8 Å². The number of rotatable bonds is 2. The minimum Gasteiger partial charge on any atom is -0.333 e. The van der Waals surface area contributed by atoms with Gasteiger partial charge in [-0.2, -0.15) is 0 Å². The third-order valence-corrected chi connectivity index (χ3v) is 3.81. The molecular formula is C16H23NO. The summed E-state index contributed by atoms with van der Waals surface area (Å²) >= 11 is 0. The SMILES string of the molecule is CC(C)c1ccc2c(c1)CC(C)N(C(C)C)C2=O. The van der Waals surface area contributed by atoms with Crippen molar-refractivity contribution in [3.8, 4) is 0 Å². The molecule has 0 bridgehead atoms. The third-order valence-electron chi connectivity index (χ3n) is 3.81. The predicted molar refractivity (Wildman–Crippen MR) is 75.0 cm³/mol. The van der Waals surface area contributed by atoms with Crippen molar-refractivity contribution < 1.29 is 4.79 Å². The van der Waals surface area contributed by atoms with Gasteiger partial charge in [0, 0.05) is 17.6 Å². The third kappa shape index (κ3) is 2.16. The Labute approximate surface area is 110 Å². The summed E-state index contributed by atoms with van der Waals surface area (Å²) in [4.78, 5) is 14.5. The van der Waals surface area contributed by atoms with E-state index in [9.17, 15) is 4.79 Å². The Bertz CT molecular complexity index is 462. The molecule has 1 unspecified atom stereocenters. The number of nitrogens with zero attached hydrogens (tertiary/aromatic N) is 1. The van der Waals surface area contributed by atoms with Crippen molar-refractivity contribution in [2.45, 2.75) is 59.0 Å². The molecule has 0 aromatic heterocycles. The first-order valence-corrected chi connectivity index (χ1v) is 6.87. The first-order chi connectivity index (χ1) is 8.41. The second kappa shape index (κ2) is 4.75. The standard InChI is InChI=1S/C16H23NO/c1-10(2)13-6-7-15-14(9-13)8-12(5)17(11(3)4)16(15)18/h6-7,9-12H,8H2,1-5H3. The van der Waals surface area contributed by atoms with Crippen LogP contribution in [0.5, 0.6) is 0 Å². The summed E-state index contributed by atoms with van der Waals surface area (Å²) in [5, 5.41) is 0. The fraction of sp³-hybridized carbons (Fsp3) is 0.562. The van der Waals surface area contributed by atoms with Crippen LogP contribution < -0.4 is 0 Å². The molecule has 1 aromatic rings. The summed E-state index contributed by atoms with van der Waals surface area (Å²) in [5.41, 5.74) is 3.44. The lowest BCUT2D eigenvalue weighted by Crippen LogP contribution is -2.47. The number of amides is 1. The first kappa shape index (κ1) is 13.1. The van der Waals surface area contributed by atoms with E-state index >= 15 is 0 Å². The van der Waals surface area contributed by atoms with Crippen molar-refractivity contribution in [3.05, 3.63) is 34.9 Å². The van der Waals surface area contributed by atoms with Crippen molar-refractivity contribution in [1.29, 1.82) is 0 Å². The topological polar surface area (TPSA) is 20.3 Å². The molecule has 0 spiro atoms. The number of carbonyl (C=O) groups is 1. The van der Waals surface area contributed by atoms with Crippen LogP contribution in [0.15, 0.2) is 18.2 Å². The second-order valence-corrected chi connectivity index (χ2v) is 5.93. The molecule has 2 nitrogen and oxygen atoms in total. The van der Waals surface area contributed by atoms with Gasteiger partial charge in [0.2, 0.25) is 0 Å². The van der Waals surface area contributed by atoms with Gasteiger partial charge >= 0.3 is 0 Å². The van der Waals surface area contributed by atoms with Crippen LogP contribution in [0.4, 0.5) is 0 Å². The highest BCUT2D eigenvalue weighted by Crippen LogP contribution is 2.27. The van der Waals surface area contributed by atoms with Gasteiger partial charge in [-0.05, 0) is 50.3 Å². The first-order valence-electron chi connectivity index (χ1n) is 6.87. The molecule has 2 rings (SSSR count). The van der Waals surface area contributed by atoms with Crippen molar-refractivity contribution in [2.75, 3.05) is 0 Å². The molecule has 0 N–H and O–H groups in total. The second-order valence-electron chi connectivity index (χ2n) is 5.93. The van der Waals surface area contributed by atoms with E-state index in [1.807, 2.05) is 11.0 Å². The maximum atomic E-state index is 12.5. The van der Waals surface area contributed by atoms with Crippen LogP contribution in [0.1, 0.15) is 62.0 Å². The number of hydrogen-bond donors (Lipinski definition) is 0. The largest absolute Gasteiger partial charge is 0.333 e. The molecule has 1 atom stereocenters. The Morgan fingerprint density at radius 3 is 2.44 bits per heavy atom. The van der Waals surface area contributed by atoms with E-state index in [-0.39, 0.29) is 11.9 Å². The van der Waals surface area contributed by atoms with E-state index in [4.69, 9.17) is 0 Å². The highest BCUT2D eigenvalue weighted by Gasteiger charge is 2.31. The van der Waals surface area contributed by atoms with Gasteiger partial charge in [0.05, 0.1) is 0 Å². The fourth-order valence-electron chi connectivity index (χ4n) is 2.85. The van der Waals surface area contributed by atoms with Gasteiger partial charge in [-0.1, -0.05) is 26.0 Å². The highest BCUT2D eigenvalue weighted by atomic mass is 16.2. The number of hydrogen-bond acceptors (Lipinski definition) is 1. The molecule has 1 heterocycles. The number of benzene rings is 1. The van der Waals surface area contributed by atoms with Gasteiger partial charge < -0.3 is 4.90 Å². The smallest absolute Gasteiger partial charge is 0.254 e. The van der Waals surface area contributed by atoms with E-state index in [0.717, 1.165) is 12.0 Å². The maximum absolute atomic E-state index is 12.5. The summed E-state index contributed by atoms with van der Waals surface area (Å²) < 4.78 is 0. The Morgan fingerprint density at radius 1 is 1.22 bits per heavy atom. The molecule has 18 heavy (non-hydrogen) atoms. The molecular weight excluding hydrogens is 222 g/mol. The zero-order valence-corrected chi connectivity index (χ0v) is 12.0. The zero-order valence-electron chi connectivity index (χ0n) is 12.0. The van der Waals surface area contributed by atoms with Crippen molar-refractivity contribution in [2.24, 2.45) is 0 Å². The lowest BCUT2D eigenvalue weighted by Gasteiger charge is -2.38.